The molecule has 3 unspecified atom stereocenters. The Morgan fingerprint density at radius 2 is 1.68 bits per heavy atom. The molecule has 130 valence electrons. The van der Waals surface area contributed by atoms with Crippen LogP contribution in [0.4, 0.5) is 0 Å². The molecule has 0 aromatic rings. The van der Waals surface area contributed by atoms with Crippen LogP contribution in [0, 0.1) is 5.92 Å². The van der Waals surface area contributed by atoms with Gasteiger partial charge in [0.25, 0.3) is 0 Å². The van der Waals surface area contributed by atoms with Gasteiger partial charge in [0, 0.05) is 42.7 Å². The van der Waals surface area contributed by atoms with Gasteiger partial charge in [0.1, 0.15) is 6.23 Å². The molecule has 0 amide bonds. The van der Waals surface area contributed by atoms with Gasteiger partial charge in [-0.3, -0.25) is 9.80 Å². The van der Waals surface area contributed by atoms with Crippen LogP contribution in [-0.2, 0) is 0 Å². The molecule has 4 nitrogen and oxygen atoms in total. The first-order valence-corrected chi connectivity index (χ1v) is 8.88. The number of likely N-dealkylation sites (tertiary alicyclic amines) is 2. The SMILES string of the molecule is CN(C)C1CCN(C(C)(C)CC2CCN(C(C)(C)C)C2O)C1. The van der Waals surface area contributed by atoms with Crippen LogP contribution in [0.1, 0.15) is 53.9 Å². The minimum Gasteiger partial charge on any atom is -0.378 e. The van der Waals surface area contributed by atoms with Crippen molar-refractivity contribution in [3.63, 3.8) is 0 Å². The van der Waals surface area contributed by atoms with Gasteiger partial charge in [0.2, 0.25) is 0 Å². The molecule has 0 radical (unpaired) electrons. The minimum atomic E-state index is -0.286. The molecule has 2 rings (SSSR count). The van der Waals surface area contributed by atoms with Crippen LogP contribution >= 0.6 is 0 Å². The second-order valence-electron chi connectivity index (χ2n) is 9.20. The van der Waals surface area contributed by atoms with Crippen LogP contribution in [0.5, 0.6) is 0 Å². The van der Waals surface area contributed by atoms with E-state index in [9.17, 15) is 5.11 Å². The average Bonchev–Trinajstić information content (AvgIpc) is 2.96. The zero-order valence-electron chi connectivity index (χ0n) is 15.8. The maximum atomic E-state index is 10.7. The summed E-state index contributed by atoms with van der Waals surface area (Å²) in [5.41, 5.74) is 0.228. The third kappa shape index (κ3) is 3.84. The Labute approximate surface area is 137 Å². The van der Waals surface area contributed by atoms with Crippen LogP contribution in [0.15, 0.2) is 0 Å². The molecule has 1 N–H and O–H groups in total. The van der Waals surface area contributed by atoms with Crippen molar-refractivity contribution in [2.24, 2.45) is 5.92 Å². The topological polar surface area (TPSA) is 30.0 Å². The number of rotatable bonds is 4. The number of hydrogen-bond donors (Lipinski definition) is 1. The highest BCUT2D eigenvalue weighted by molar-refractivity contribution is 4.96. The molecular formula is C18H37N3O. The first kappa shape index (κ1) is 18.2. The average molecular weight is 312 g/mol. The predicted molar refractivity (Wildman–Crippen MR) is 92.9 cm³/mol. The van der Waals surface area contributed by atoms with E-state index >= 15 is 0 Å². The van der Waals surface area contributed by atoms with E-state index in [2.05, 4.69) is 63.4 Å². The summed E-state index contributed by atoms with van der Waals surface area (Å²) in [7, 11) is 4.37. The summed E-state index contributed by atoms with van der Waals surface area (Å²) in [6, 6.07) is 0.679. The van der Waals surface area contributed by atoms with E-state index in [-0.39, 0.29) is 17.3 Å². The molecule has 0 aromatic heterocycles. The van der Waals surface area contributed by atoms with E-state index < -0.39 is 0 Å². The van der Waals surface area contributed by atoms with Gasteiger partial charge in [-0.05, 0) is 68.0 Å². The van der Waals surface area contributed by atoms with Crippen LogP contribution in [0.2, 0.25) is 0 Å². The van der Waals surface area contributed by atoms with E-state index in [0.29, 0.717) is 12.0 Å². The summed E-state index contributed by atoms with van der Waals surface area (Å²) in [4.78, 5) is 7.24. The molecule has 2 fully saturated rings. The van der Waals surface area contributed by atoms with E-state index in [4.69, 9.17) is 0 Å². The molecular weight excluding hydrogens is 274 g/mol. The lowest BCUT2D eigenvalue weighted by molar-refractivity contribution is -0.0512. The number of nitrogens with zero attached hydrogens (tertiary/aromatic N) is 3. The summed E-state index contributed by atoms with van der Waals surface area (Å²) >= 11 is 0. The van der Waals surface area contributed by atoms with Crippen molar-refractivity contribution in [3.05, 3.63) is 0 Å². The summed E-state index contributed by atoms with van der Waals surface area (Å²) < 4.78 is 0. The Morgan fingerprint density at radius 1 is 1.05 bits per heavy atom. The van der Waals surface area contributed by atoms with Crippen molar-refractivity contribution in [1.29, 1.82) is 0 Å². The van der Waals surface area contributed by atoms with Gasteiger partial charge in [-0.15, -0.1) is 0 Å². The van der Waals surface area contributed by atoms with Gasteiger partial charge in [0.15, 0.2) is 0 Å². The van der Waals surface area contributed by atoms with Gasteiger partial charge in [-0.1, -0.05) is 0 Å². The summed E-state index contributed by atoms with van der Waals surface area (Å²) in [5, 5.41) is 10.7. The molecule has 2 aliphatic rings. The van der Waals surface area contributed by atoms with E-state index in [1.807, 2.05) is 0 Å². The lowest BCUT2D eigenvalue weighted by Crippen LogP contribution is -2.49. The molecule has 3 atom stereocenters. The first-order valence-electron chi connectivity index (χ1n) is 8.88. The van der Waals surface area contributed by atoms with Crippen molar-refractivity contribution in [2.75, 3.05) is 33.7 Å². The predicted octanol–water partition coefficient (Wildman–Crippen LogP) is 2.23. The molecule has 2 heterocycles. The summed E-state index contributed by atoms with van der Waals surface area (Å²) in [6.07, 6.45) is 3.18. The number of aliphatic hydroxyl groups is 1. The van der Waals surface area contributed by atoms with Crippen LogP contribution in [0.25, 0.3) is 0 Å². The minimum absolute atomic E-state index is 0.0575. The fourth-order valence-electron chi connectivity index (χ4n) is 4.26. The summed E-state index contributed by atoms with van der Waals surface area (Å²) in [6.45, 7) is 14.7. The molecule has 2 saturated heterocycles. The second-order valence-corrected chi connectivity index (χ2v) is 9.20. The zero-order valence-corrected chi connectivity index (χ0v) is 15.8. The van der Waals surface area contributed by atoms with Gasteiger partial charge >= 0.3 is 0 Å². The fraction of sp³-hybridized carbons (Fsp3) is 1.00. The molecule has 0 saturated carbocycles. The molecule has 0 aliphatic carbocycles. The largest absolute Gasteiger partial charge is 0.378 e. The fourth-order valence-corrected chi connectivity index (χ4v) is 4.26. The molecule has 0 spiro atoms. The summed E-state index contributed by atoms with van der Waals surface area (Å²) in [5.74, 6) is 0.396. The lowest BCUT2D eigenvalue weighted by atomic mass is 9.87. The number of aliphatic hydroxyl groups excluding tert-OH is 1. The lowest BCUT2D eigenvalue weighted by Gasteiger charge is -2.40. The van der Waals surface area contributed by atoms with E-state index in [0.717, 1.165) is 25.9 Å². The van der Waals surface area contributed by atoms with E-state index in [1.54, 1.807) is 0 Å². The number of likely N-dealkylation sites (N-methyl/N-ethyl adjacent to an activating group) is 1. The first-order chi connectivity index (χ1) is 10.0. The van der Waals surface area contributed by atoms with Crippen LogP contribution in [-0.4, -0.2) is 76.9 Å². The van der Waals surface area contributed by atoms with Crippen molar-refractivity contribution < 1.29 is 5.11 Å². The Balaban J connectivity index is 1.95. The maximum Gasteiger partial charge on any atom is 0.110 e. The van der Waals surface area contributed by atoms with Crippen molar-refractivity contribution in [2.45, 2.75) is 77.2 Å². The standard InChI is InChI=1S/C18H37N3O/c1-17(2,3)21-11-8-14(16(21)22)12-18(4,5)20-10-9-15(13-20)19(6)7/h14-16,22H,8-13H2,1-7H3. The van der Waals surface area contributed by atoms with Crippen molar-refractivity contribution in [3.8, 4) is 0 Å². The Hall–Kier alpha value is -0.160. The monoisotopic (exact) mass is 311 g/mol. The van der Waals surface area contributed by atoms with Crippen LogP contribution < -0.4 is 0 Å². The van der Waals surface area contributed by atoms with E-state index in [1.165, 1.54) is 13.0 Å². The van der Waals surface area contributed by atoms with Gasteiger partial charge in [0.05, 0.1) is 0 Å². The Kier molecular flexibility index (Phi) is 5.28. The smallest absolute Gasteiger partial charge is 0.110 e. The Morgan fingerprint density at radius 3 is 2.14 bits per heavy atom. The molecule has 22 heavy (non-hydrogen) atoms. The highest BCUT2D eigenvalue weighted by Gasteiger charge is 2.43. The number of hydrogen-bond acceptors (Lipinski definition) is 4. The molecule has 0 bridgehead atoms. The Bertz CT molecular complexity index is 375. The zero-order chi connectivity index (χ0) is 16.7. The second kappa shape index (κ2) is 6.39. The molecule has 4 heteroatoms. The molecule has 0 aromatic carbocycles. The highest BCUT2D eigenvalue weighted by Crippen LogP contribution is 2.37. The van der Waals surface area contributed by atoms with Crippen molar-refractivity contribution in [1.82, 2.24) is 14.7 Å². The molecule has 2 aliphatic heterocycles. The highest BCUT2D eigenvalue weighted by atomic mass is 16.3. The third-order valence-corrected chi connectivity index (χ3v) is 5.85. The van der Waals surface area contributed by atoms with Gasteiger partial charge in [-0.25, -0.2) is 0 Å². The van der Waals surface area contributed by atoms with Gasteiger partial charge < -0.3 is 10.0 Å². The van der Waals surface area contributed by atoms with Crippen molar-refractivity contribution >= 4 is 0 Å². The van der Waals surface area contributed by atoms with Gasteiger partial charge in [-0.2, -0.15) is 0 Å². The van der Waals surface area contributed by atoms with Crippen LogP contribution in [0.3, 0.4) is 0 Å². The third-order valence-electron chi connectivity index (χ3n) is 5.85. The maximum absolute atomic E-state index is 10.7. The quantitative estimate of drug-likeness (QED) is 0.862. The normalized spacial score (nSPS) is 32.3.